The minimum Gasteiger partial charge on any atom is -0.293 e. The first kappa shape index (κ1) is 41.2. The normalized spacial score (nSPS) is 11.6. The number of hydrogen-bond donors (Lipinski definition) is 0. The fourth-order valence-electron chi connectivity index (χ4n) is 11.2. The van der Waals surface area contributed by atoms with Crippen molar-refractivity contribution in [2.24, 2.45) is 0 Å². The Bertz CT molecular complexity index is 4020. The second-order valence-electron chi connectivity index (χ2n) is 18.2. The van der Waals surface area contributed by atoms with Crippen LogP contribution in [0.5, 0.6) is 0 Å². The second kappa shape index (κ2) is 17.0. The highest BCUT2D eigenvalue weighted by molar-refractivity contribution is 6.43. The lowest BCUT2D eigenvalue weighted by Crippen LogP contribution is -2.01. The van der Waals surface area contributed by atoms with Gasteiger partial charge < -0.3 is 0 Å². The summed E-state index contributed by atoms with van der Waals surface area (Å²) in [5, 5.41) is 9.26. The van der Waals surface area contributed by atoms with Gasteiger partial charge >= 0.3 is 0 Å². The highest BCUT2D eigenvalue weighted by Gasteiger charge is 2.32. The molecule has 0 spiro atoms. The molecule has 0 aliphatic carbocycles. The summed E-state index contributed by atoms with van der Waals surface area (Å²) in [6.45, 7) is 0. The zero-order valence-corrected chi connectivity index (χ0v) is 38.9. The van der Waals surface area contributed by atoms with Gasteiger partial charge in [-0.15, -0.1) is 0 Å². The fourth-order valence-corrected chi connectivity index (χ4v) is 11.2. The van der Waals surface area contributed by atoms with Crippen LogP contribution in [0.3, 0.4) is 0 Å². The van der Waals surface area contributed by atoms with Crippen molar-refractivity contribution in [3.05, 3.63) is 256 Å². The summed E-state index contributed by atoms with van der Waals surface area (Å²) in [6.07, 6.45) is 11.3. The van der Waals surface area contributed by atoms with Gasteiger partial charge in [0.1, 0.15) is 11.6 Å². The van der Waals surface area contributed by atoms with Crippen LogP contribution in [0.4, 0.5) is 0 Å². The molecular weight excluding hydrogens is 877 g/mol. The van der Waals surface area contributed by atoms with Crippen LogP contribution in [0, 0.1) is 0 Å². The van der Waals surface area contributed by atoms with Gasteiger partial charge in [0.05, 0.1) is 22.4 Å². The van der Waals surface area contributed by atoms with Crippen molar-refractivity contribution in [2.45, 2.75) is 0 Å². The van der Waals surface area contributed by atoms with E-state index in [0.717, 1.165) is 111 Å². The van der Waals surface area contributed by atoms with Gasteiger partial charge in [0.2, 0.25) is 0 Å². The topological polar surface area (TPSA) is 61.4 Å². The van der Waals surface area contributed by atoms with E-state index in [-0.39, 0.29) is 0 Å². The number of fused-ring (bicyclic) bond motifs is 11. The summed E-state index contributed by atoms with van der Waals surface area (Å²) in [4.78, 5) is 19.3. The van der Waals surface area contributed by atoms with Gasteiger partial charge in [-0.2, -0.15) is 0 Å². The lowest BCUT2D eigenvalue weighted by atomic mass is 9.86. The van der Waals surface area contributed by atoms with Crippen molar-refractivity contribution in [3.63, 3.8) is 0 Å². The van der Waals surface area contributed by atoms with Crippen molar-refractivity contribution in [3.8, 4) is 78.7 Å². The maximum Gasteiger partial charge on any atom is 0.137 e. The Morgan fingerprint density at radius 1 is 0.250 bits per heavy atom. The Kier molecular flexibility index (Phi) is 9.74. The summed E-state index contributed by atoms with van der Waals surface area (Å²) >= 11 is 0. The van der Waals surface area contributed by atoms with Gasteiger partial charge in [0.15, 0.2) is 0 Å². The third kappa shape index (κ3) is 6.50. The van der Waals surface area contributed by atoms with E-state index in [1.54, 1.807) is 0 Å². The minimum absolute atomic E-state index is 0.831. The molecule has 0 aliphatic rings. The van der Waals surface area contributed by atoms with Gasteiger partial charge in [0.25, 0.3) is 0 Å². The molecule has 6 aromatic heterocycles. The smallest absolute Gasteiger partial charge is 0.137 e. The molecule has 14 rings (SSSR count). The minimum atomic E-state index is 0.831. The predicted molar refractivity (Wildman–Crippen MR) is 296 cm³/mol. The summed E-state index contributed by atoms with van der Waals surface area (Å²) < 4.78 is 4.86. The highest BCUT2D eigenvalue weighted by atomic mass is 15.1. The van der Waals surface area contributed by atoms with Crippen LogP contribution < -0.4 is 0 Å². The van der Waals surface area contributed by atoms with E-state index in [2.05, 4.69) is 213 Å². The van der Waals surface area contributed by atoms with E-state index in [1.165, 1.54) is 21.5 Å². The van der Waals surface area contributed by atoms with Crippen molar-refractivity contribution < 1.29 is 0 Å². The number of nitrogens with zero attached hydrogens (tertiary/aromatic N) is 6. The summed E-state index contributed by atoms with van der Waals surface area (Å²) in [5.74, 6) is 1.66. The number of pyridine rings is 4. The largest absolute Gasteiger partial charge is 0.293 e. The molecule has 72 heavy (non-hydrogen) atoms. The number of benzene rings is 8. The van der Waals surface area contributed by atoms with E-state index in [9.17, 15) is 0 Å². The van der Waals surface area contributed by atoms with Crippen LogP contribution in [0.1, 0.15) is 0 Å². The molecule has 0 N–H and O–H groups in total. The maximum absolute atomic E-state index is 5.36. The third-order valence-electron chi connectivity index (χ3n) is 14.2. The molecule has 6 heteroatoms. The lowest BCUT2D eigenvalue weighted by Gasteiger charge is -2.17. The van der Waals surface area contributed by atoms with Gasteiger partial charge in [-0.25, -0.2) is 9.97 Å². The van der Waals surface area contributed by atoms with E-state index >= 15 is 0 Å². The number of aromatic nitrogens is 6. The van der Waals surface area contributed by atoms with E-state index in [0.29, 0.717) is 0 Å². The first-order chi connectivity index (χ1) is 35.8. The zero-order chi connectivity index (χ0) is 47.5. The number of hydrogen-bond acceptors (Lipinski definition) is 4. The van der Waals surface area contributed by atoms with Crippen LogP contribution in [0.15, 0.2) is 256 Å². The molecule has 0 bridgehead atoms. The van der Waals surface area contributed by atoms with Crippen molar-refractivity contribution in [1.82, 2.24) is 29.1 Å². The zero-order valence-electron chi connectivity index (χ0n) is 38.9. The molecule has 0 saturated heterocycles. The monoisotopic (exact) mass is 918 g/mol. The van der Waals surface area contributed by atoms with Gasteiger partial charge in [-0.05, 0) is 92.7 Å². The van der Waals surface area contributed by atoms with Crippen LogP contribution in [-0.4, -0.2) is 29.1 Å². The van der Waals surface area contributed by atoms with Crippen molar-refractivity contribution >= 4 is 54.1 Å². The summed E-state index contributed by atoms with van der Waals surface area (Å²) in [7, 11) is 0. The lowest BCUT2D eigenvalue weighted by molar-refractivity contribution is 1.05. The fraction of sp³-hybridized carbons (Fsp3) is 0. The van der Waals surface area contributed by atoms with Crippen LogP contribution in [-0.2, 0) is 0 Å². The first-order valence-corrected chi connectivity index (χ1v) is 24.3. The number of rotatable bonds is 8. The van der Waals surface area contributed by atoms with E-state index in [4.69, 9.17) is 9.97 Å². The summed E-state index contributed by atoms with van der Waals surface area (Å²) in [6, 6.07) is 78.4. The van der Waals surface area contributed by atoms with Crippen LogP contribution in [0.2, 0.25) is 0 Å². The van der Waals surface area contributed by atoms with Gasteiger partial charge in [-0.1, -0.05) is 170 Å². The molecule has 6 heterocycles. The highest BCUT2D eigenvalue weighted by Crippen LogP contribution is 2.55. The molecule has 336 valence electrons. The molecule has 0 radical (unpaired) electrons. The molecule has 0 aliphatic heterocycles. The summed E-state index contributed by atoms with van der Waals surface area (Å²) in [5.41, 5.74) is 15.3. The van der Waals surface area contributed by atoms with Gasteiger partial charge in [-0.3, -0.25) is 19.1 Å². The molecule has 8 aromatic carbocycles. The third-order valence-corrected chi connectivity index (χ3v) is 14.2. The van der Waals surface area contributed by atoms with E-state index < -0.39 is 0 Å². The standard InChI is InChI=1S/C66H42N6/c1-5-17-45(18-6-1)57-61-59-51-25-13-16-28-54(51)66-62(58(46-19-7-2-8-20-46)64(48-23-11-4-12-24-48)72(66)56-32-30-50(42-70-56)44-35-39-68-40-36-44)60(59)52-26-14-15-27-53(52)65(61)71(63(57)47-21-9-3-10-22-47)55-31-29-49(41-69-55)43-33-37-67-38-34-43/h1-42H. The molecule has 0 fully saturated rings. The van der Waals surface area contributed by atoms with Crippen molar-refractivity contribution in [1.29, 1.82) is 0 Å². The Labute approximate surface area is 415 Å². The average Bonchev–Trinajstić information content (AvgIpc) is 4.02. The molecular formula is C66H42N6. The molecule has 0 amide bonds. The quantitative estimate of drug-likeness (QED) is 0.143. The Morgan fingerprint density at radius 3 is 0.931 bits per heavy atom. The molecule has 14 aromatic rings. The first-order valence-electron chi connectivity index (χ1n) is 24.3. The maximum atomic E-state index is 5.36. The molecule has 0 atom stereocenters. The second-order valence-corrected chi connectivity index (χ2v) is 18.2. The average molecular weight is 919 g/mol. The SMILES string of the molecule is c1ccc(-c2c(-c3ccccc3)n(-c3ccc(-c4ccncc4)cn3)c3c4ccccc4c4c5c(-c6ccccc6)c(-c6ccccc6)n(-c6ccc(-c7ccncc7)cn6)c5c5ccccc5c4c23)cc1. The van der Waals surface area contributed by atoms with Crippen LogP contribution in [0.25, 0.3) is 133 Å². The Morgan fingerprint density at radius 2 is 0.583 bits per heavy atom. The molecule has 6 nitrogen and oxygen atoms in total. The van der Waals surface area contributed by atoms with E-state index in [1.807, 2.05) is 61.4 Å². The Hall–Kier alpha value is -9.78. The Balaban J connectivity index is 1.24. The van der Waals surface area contributed by atoms with Crippen LogP contribution >= 0.6 is 0 Å². The van der Waals surface area contributed by atoms with Gasteiger partial charge in [0, 0.05) is 91.8 Å². The molecule has 0 unspecified atom stereocenters. The molecule has 0 saturated carbocycles. The predicted octanol–water partition coefficient (Wildman–Crippen LogP) is 16.6. The van der Waals surface area contributed by atoms with Crippen molar-refractivity contribution in [2.75, 3.05) is 0 Å².